The summed E-state index contributed by atoms with van der Waals surface area (Å²) >= 11 is 0. The second-order valence-electron chi connectivity index (χ2n) is 8.05. The van der Waals surface area contributed by atoms with Gasteiger partial charge in [-0.2, -0.15) is 0 Å². The van der Waals surface area contributed by atoms with Crippen LogP contribution in [0.4, 0.5) is 5.69 Å². The Balaban J connectivity index is 1.84. The summed E-state index contributed by atoms with van der Waals surface area (Å²) < 4.78 is 17.5. The average Bonchev–Trinajstić information content (AvgIpc) is 3.10. The van der Waals surface area contributed by atoms with E-state index in [1.807, 2.05) is 45.0 Å². The Hall–Kier alpha value is -3.54. The summed E-state index contributed by atoms with van der Waals surface area (Å²) in [6, 6.07) is 14.8. The van der Waals surface area contributed by atoms with Gasteiger partial charge in [0.25, 0.3) is 5.91 Å². The molecule has 3 aromatic rings. The molecule has 4 rings (SSSR count). The van der Waals surface area contributed by atoms with Crippen LogP contribution in [0.15, 0.2) is 48.5 Å². The Kier molecular flexibility index (Phi) is 6.04. The van der Waals surface area contributed by atoms with Crippen molar-refractivity contribution in [3.63, 3.8) is 0 Å². The van der Waals surface area contributed by atoms with Gasteiger partial charge in [0.2, 0.25) is 0 Å². The number of ether oxygens (including phenoxy) is 3. The van der Waals surface area contributed by atoms with Gasteiger partial charge in [0.05, 0.1) is 24.8 Å². The molecule has 166 valence electrons. The Bertz CT molecular complexity index is 1170. The SMILES string of the molecule is CCCOc1c2c(c(OC(C)C)c3ccccc13)CN(c1ccc(OC(C)=O)cc1)C2=O. The fourth-order valence-corrected chi connectivity index (χ4v) is 3.96. The van der Waals surface area contributed by atoms with Gasteiger partial charge in [-0.05, 0) is 44.5 Å². The van der Waals surface area contributed by atoms with Gasteiger partial charge >= 0.3 is 5.97 Å². The number of benzene rings is 3. The number of carbonyl (C=O) groups is 2. The Morgan fingerprint density at radius 1 is 1.03 bits per heavy atom. The molecule has 0 atom stereocenters. The summed E-state index contributed by atoms with van der Waals surface area (Å²) in [5, 5.41) is 1.81. The van der Waals surface area contributed by atoms with Crippen LogP contribution in [0.3, 0.4) is 0 Å². The minimum Gasteiger partial charge on any atom is -0.492 e. The lowest BCUT2D eigenvalue weighted by Gasteiger charge is -2.19. The normalized spacial score (nSPS) is 12.9. The van der Waals surface area contributed by atoms with Crippen LogP contribution in [0, 0.1) is 0 Å². The van der Waals surface area contributed by atoms with Crippen molar-refractivity contribution in [2.45, 2.75) is 46.8 Å². The molecule has 1 heterocycles. The van der Waals surface area contributed by atoms with E-state index in [4.69, 9.17) is 14.2 Å². The lowest BCUT2D eigenvalue weighted by Crippen LogP contribution is -2.23. The van der Waals surface area contributed by atoms with Crippen LogP contribution in [0.1, 0.15) is 50.0 Å². The first-order valence-electron chi connectivity index (χ1n) is 10.9. The van der Waals surface area contributed by atoms with Crippen LogP contribution in [-0.4, -0.2) is 24.6 Å². The van der Waals surface area contributed by atoms with Gasteiger partial charge in [-0.3, -0.25) is 9.59 Å². The number of esters is 1. The number of nitrogens with zero attached hydrogens (tertiary/aromatic N) is 1. The van der Waals surface area contributed by atoms with Crippen molar-refractivity contribution < 1.29 is 23.8 Å². The topological polar surface area (TPSA) is 65.1 Å². The molecular formula is C26H27NO5. The van der Waals surface area contributed by atoms with E-state index < -0.39 is 0 Å². The summed E-state index contributed by atoms with van der Waals surface area (Å²) in [6.45, 7) is 8.24. The number of hydrogen-bond donors (Lipinski definition) is 0. The molecule has 0 unspecified atom stereocenters. The van der Waals surface area contributed by atoms with E-state index in [0.29, 0.717) is 35.9 Å². The second-order valence-corrected chi connectivity index (χ2v) is 8.05. The third-order valence-electron chi connectivity index (χ3n) is 5.21. The van der Waals surface area contributed by atoms with Crippen molar-refractivity contribution in [3.05, 3.63) is 59.7 Å². The van der Waals surface area contributed by atoms with Crippen molar-refractivity contribution in [2.24, 2.45) is 0 Å². The van der Waals surface area contributed by atoms with Gasteiger partial charge < -0.3 is 19.1 Å². The largest absolute Gasteiger partial charge is 0.492 e. The molecule has 32 heavy (non-hydrogen) atoms. The van der Waals surface area contributed by atoms with Gasteiger partial charge in [-0.1, -0.05) is 31.2 Å². The molecule has 1 aliphatic rings. The standard InChI is InChI=1S/C26H27NO5/c1-5-14-30-25-21-9-7-6-8-20(21)24(31-16(2)3)22-15-27(26(29)23(22)25)18-10-12-19(13-11-18)32-17(4)28/h6-13,16H,5,14-15H2,1-4H3. The first-order chi connectivity index (χ1) is 15.4. The summed E-state index contributed by atoms with van der Waals surface area (Å²) in [7, 11) is 0. The number of anilines is 1. The third-order valence-corrected chi connectivity index (χ3v) is 5.21. The molecule has 0 saturated carbocycles. The molecule has 1 amide bonds. The Morgan fingerprint density at radius 3 is 2.28 bits per heavy atom. The highest BCUT2D eigenvalue weighted by Crippen LogP contribution is 2.46. The highest BCUT2D eigenvalue weighted by Gasteiger charge is 2.37. The summed E-state index contributed by atoms with van der Waals surface area (Å²) in [4.78, 5) is 26.5. The molecule has 0 N–H and O–H groups in total. The van der Waals surface area contributed by atoms with Gasteiger partial charge in [0.1, 0.15) is 17.2 Å². The van der Waals surface area contributed by atoms with E-state index in [1.54, 1.807) is 29.2 Å². The van der Waals surface area contributed by atoms with Crippen LogP contribution in [0.2, 0.25) is 0 Å². The molecule has 3 aromatic carbocycles. The molecule has 0 aromatic heterocycles. The summed E-state index contributed by atoms with van der Waals surface area (Å²) in [6.07, 6.45) is 0.792. The van der Waals surface area contributed by atoms with Gasteiger partial charge in [-0.25, -0.2) is 0 Å². The lowest BCUT2D eigenvalue weighted by atomic mass is 9.99. The molecule has 0 bridgehead atoms. The van der Waals surface area contributed by atoms with Crippen LogP contribution < -0.4 is 19.1 Å². The van der Waals surface area contributed by atoms with Crippen molar-refractivity contribution in [2.75, 3.05) is 11.5 Å². The first kappa shape index (κ1) is 21.7. The van der Waals surface area contributed by atoms with Crippen molar-refractivity contribution in [1.29, 1.82) is 0 Å². The molecule has 0 radical (unpaired) electrons. The zero-order valence-electron chi connectivity index (χ0n) is 18.8. The molecule has 6 nitrogen and oxygen atoms in total. The van der Waals surface area contributed by atoms with Crippen LogP contribution in [-0.2, 0) is 11.3 Å². The lowest BCUT2D eigenvalue weighted by molar-refractivity contribution is -0.131. The van der Waals surface area contributed by atoms with E-state index >= 15 is 0 Å². The maximum Gasteiger partial charge on any atom is 0.308 e. The number of hydrogen-bond acceptors (Lipinski definition) is 5. The van der Waals surface area contributed by atoms with Crippen molar-refractivity contribution in [1.82, 2.24) is 0 Å². The molecule has 1 aliphatic heterocycles. The first-order valence-corrected chi connectivity index (χ1v) is 10.9. The highest BCUT2D eigenvalue weighted by atomic mass is 16.5. The number of fused-ring (bicyclic) bond motifs is 2. The van der Waals surface area contributed by atoms with E-state index in [2.05, 4.69) is 0 Å². The maximum absolute atomic E-state index is 13.6. The van der Waals surface area contributed by atoms with E-state index in [-0.39, 0.29) is 18.0 Å². The van der Waals surface area contributed by atoms with Gasteiger partial charge in [0.15, 0.2) is 0 Å². The minimum absolute atomic E-state index is 0.0444. The Labute approximate surface area is 187 Å². The van der Waals surface area contributed by atoms with E-state index in [1.165, 1.54) is 6.92 Å². The summed E-state index contributed by atoms with van der Waals surface area (Å²) in [5.74, 6) is 1.25. The number of amides is 1. The van der Waals surface area contributed by atoms with Crippen LogP contribution >= 0.6 is 0 Å². The molecule has 0 aliphatic carbocycles. The fraction of sp³-hybridized carbons (Fsp3) is 0.308. The molecular weight excluding hydrogens is 406 g/mol. The van der Waals surface area contributed by atoms with Crippen LogP contribution in [0.5, 0.6) is 17.2 Å². The number of rotatable bonds is 7. The molecule has 6 heteroatoms. The fourth-order valence-electron chi connectivity index (χ4n) is 3.96. The smallest absolute Gasteiger partial charge is 0.308 e. The zero-order chi connectivity index (χ0) is 22.8. The zero-order valence-corrected chi connectivity index (χ0v) is 18.8. The van der Waals surface area contributed by atoms with E-state index in [9.17, 15) is 9.59 Å². The monoisotopic (exact) mass is 433 g/mol. The average molecular weight is 434 g/mol. The molecule has 0 spiro atoms. The van der Waals surface area contributed by atoms with Crippen LogP contribution in [0.25, 0.3) is 10.8 Å². The van der Waals surface area contributed by atoms with Crippen molar-refractivity contribution >= 4 is 28.3 Å². The highest BCUT2D eigenvalue weighted by molar-refractivity contribution is 6.16. The minimum atomic E-state index is -0.387. The maximum atomic E-state index is 13.6. The number of carbonyl (C=O) groups excluding carboxylic acids is 2. The van der Waals surface area contributed by atoms with E-state index in [0.717, 1.165) is 28.5 Å². The predicted octanol–water partition coefficient (Wildman–Crippen LogP) is 5.50. The summed E-state index contributed by atoms with van der Waals surface area (Å²) in [5.41, 5.74) is 2.09. The predicted molar refractivity (Wildman–Crippen MR) is 124 cm³/mol. The molecule has 0 saturated heterocycles. The quantitative estimate of drug-likeness (QED) is 0.364. The van der Waals surface area contributed by atoms with Crippen molar-refractivity contribution in [3.8, 4) is 17.2 Å². The Morgan fingerprint density at radius 2 is 1.69 bits per heavy atom. The molecule has 0 fully saturated rings. The second kappa shape index (κ2) is 8.91. The van der Waals surface area contributed by atoms with Gasteiger partial charge in [0, 0.05) is 28.9 Å². The third kappa shape index (κ3) is 4.00. The van der Waals surface area contributed by atoms with Gasteiger partial charge in [-0.15, -0.1) is 0 Å².